The fraction of sp³-hybridized carbons (Fsp3) is 0.462. The SMILES string of the molecule is CCCN(CCC)S(=O)(=O)c1ccc(C(=O)N(CCN(CC)CC)c2nc3ccc(Br)cc3s2)cc1.Cl. The van der Waals surface area contributed by atoms with Crippen LogP contribution in [0.3, 0.4) is 0 Å². The lowest BCUT2D eigenvalue weighted by Crippen LogP contribution is -2.39. The molecule has 1 amide bonds. The molecule has 7 nitrogen and oxygen atoms in total. The summed E-state index contributed by atoms with van der Waals surface area (Å²) in [5.74, 6) is -0.191. The van der Waals surface area contributed by atoms with Gasteiger partial charge in [0, 0.05) is 36.2 Å². The Bertz CT molecular complexity index is 1260. The maximum atomic E-state index is 13.7. The Labute approximate surface area is 239 Å². The summed E-state index contributed by atoms with van der Waals surface area (Å²) < 4.78 is 29.7. The van der Waals surface area contributed by atoms with Gasteiger partial charge in [0.15, 0.2) is 5.13 Å². The predicted octanol–water partition coefficient (Wildman–Crippen LogP) is 6.28. The number of hydrogen-bond donors (Lipinski definition) is 0. The first-order valence-corrected chi connectivity index (χ1v) is 15.5. The molecule has 0 radical (unpaired) electrons. The van der Waals surface area contributed by atoms with Gasteiger partial charge < -0.3 is 4.90 Å². The number of anilines is 1. The number of hydrogen-bond acceptors (Lipinski definition) is 6. The van der Waals surface area contributed by atoms with E-state index in [-0.39, 0.29) is 23.2 Å². The summed E-state index contributed by atoms with van der Waals surface area (Å²) >= 11 is 4.98. The van der Waals surface area contributed by atoms with E-state index in [1.54, 1.807) is 29.2 Å². The molecule has 0 atom stereocenters. The van der Waals surface area contributed by atoms with Crippen molar-refractivity contribution in [2.24, 2.45) is 0 Å². The van der Waals surface area contributed by atoms with Crippen molar-refractivity contribution in [2.75, 3.05) is 44.2 Å². The molecule has 0 aliphatic carbocycles. The van der Waals surface area contributed by atoms with Gasteiger partial charge in [0.2, 0.25) is 10.0 Å². The third kappa shape index (κ3) is 7.74. The minimum absolute atomic E-state index is 0. The normalized spacial score (nSPS) is 11.8. The highest BCUT2D eigenvalue weighted by atomic mass is 79.9. The second-order valence-electron chi connectivity index (χ2n) is 8.52. The minimum Gasteiger partial charge on any atom is -0.302 e. The maximum absolute atomic E-state index is 13.7. The van der Waals surface area contributed by atoms with Crippen LogP contribution >= 0.6 is 39.7 Å². The van der Waals surface area contributed by atoms with Gasteiger partial charge in [-0.1, -0.05) is 55.0 Å². The standard InChI is InChI=1S/C26H35BrN4O3S2.ClH/c1-5-15-30(16-6-2)36(33,34)22-12-9-20(10-13-22)25(32)31(18-17-29(7-3)8-4)26-28-23-14-11-21(27)19-24(23)35-26;/h9-14,19H,5-8,15-18H2,1-4H3;1H. The van der Waals surface area contributed by atoms with Gasteiger partial charge in [0.05, 0.1) is 15.1 Å². The van der Waals surface area contributed by atoms with Crippen LogP contribution in [-0.4, -0.2) is 67.8 Å². The first-order valence-electron chi connectivity index (χ1n) is 12.5. The summed E-state index contributed by atoms with van der Waals surface area (Å²) in [5, 5.41) is 0.633. The number of carbonyl (C=O) groups excluding carboxylic acids is 1. The van der Waals surface area contributed by atoms with Crippen molar-refractivity contribution >= 4 is 71.0 Å². The molecule has 0 unspecified atom stereocenters. The van der Waals surface area contributed by atoms with Gasteiger partial charge in [0.25, 0.3) is 5.91 Å². The summed E-state index contributed by atoms with van der Waals surface area (Å²) in [4.78, 5) is 22.6. The average molecular weight is 632 g/mol. The number of carbonyl (C=O) groups is 1. The van der Waals surface area contributed by atoms with Gasteiger partial charge in [-0.05, 0) is 68.4 Å². The number of thiazole rings is 1. The molecule has 0 aliphatic heterocycles. The molecule has 204 valence electrons. The molecule has 0 aliphatic rings. The average Bonchev–Trinajstić information content (AvgIpc) is 3.29. The number of fused-ring (bicyclic) bond motifs is 1. The zero-order valence-corrected chi connectivity index (χ0v) is 25.9. The highest BCUT2D eigenvalue weighted by molar-refractivity contribution is 9.10. The van der Waals surface area contributed by atoms with Crippen molar-refractivity contribution in [1.82, 2.24) is 14.2 Å². The highest BCUT2D eigenvalue weighted by Gasteiger charge is 2.25. The van der Waals surface area contributed by atoms with E-state index in [9.17, 15) is 13.2 Å². The van der Waals surface area contributed by atoms with Gasteiger partial charge in [0.1, 0.15) is 0 Å². The Morgan fingerprint density at radius 3 is 2.11 bits per heavy atom. The van der Waals surface area contributed by atoms with E-state index in [0.717, 1.165) is 40.6 Å². The molecule has 0 spiro atoms. The third-order valence-electron chi connectivity index (χ3n) is 6.03. The lowest BCUT2D eigenvalue weighted by atomic mass is 10.2. The highest BCUT2D eigenvalue weighted by Crippen LogP contribution is 2.32. The fourth-order valence-electron chi connectivity index (χ4n) is 3.99. The second kappa shape index (κ2) is 14.6. The summed E-state index contributed by atoms with van der Waals surface area (Å²) in [6, 6.07) is 12.2. The first kappa shape index (κ1) is 31.7. The topological polar surface area (TPSA) is 73.8 Å². The first-order chi connectivity index (χ1) is 17.2. The van der Waals surface area contributed by atoms with Crippen LogP contribution in [0.2, 0.25) is 0 Å². The molecule has 0 N–H and O–H groups in total. The monoisotopic (exact) mass is 630 g/mol. The summed E-state index contributed by atoms with van der Waals surface area (Å²) in [6.45, 7) is 12.1. The van der Waals surface area contributed by atoms with Gasteiger partial charge in [-0.2, -0.15) is 4.31 Å². The van der Waals surface area contributed by atoms with Gasteiger partial charge >= 0.3 is 0 Å². The van der Waals surface area contributed by atoms with Crippen molar-refractivity contribution in [1.29, 1.82) is 0 Å². The van der Waals surface area contributed by atoms with Crippen LogP contribution < -0.4 is 4.90 Å². The second-order valence-corrected chi connectivity index (χ2v) is 12.4. The van der Waals surface area contributed by atoms with Crippen LogP contribution in [0.1, 0.15) is 50.9 Å². The van der Waals surface area contributed by atoms with Crippen molar-refractivity contribution in [3.63, 3.8) is 0 Å². The Morgan fingerprint density at radius 2 is 1.54 bits per heavy atom. The van der Waals surface area contributed by atoms with E-state index in [1.807, 2.05) is 32.0 Å². The molecular formula is C26H36BrClN4O3S2. The molecule has 0 bridgehead atoms. The molecule has 1 heterocycles. The van der Waals surface area contributed by atoms with Crippen LogP contribution in [0.5, 0.6) is 0 Å². The minimum atomic E-state index is -3.60. The predicted molar refractivity (Wildman–Crippen MR) is 160 cm³/mol. The molecule has 1 aromatic heterocycles. The molecule has 3 rings (SSSR count). The van der Waals surface area contributed by atoms with Crippen molar-refractivity contribution in [3.05, 3.63) is 52.5 Å². The van der Waals surface area contributed by atoms with E-state index in [4.69, 9.17) is 4.98 Å². The Balaban J connectivity index is 0.00000481. The van der Waals surface area contributed by atoms with Gasteiger partial charge in [-0.3, -0.25) is 9.69 Å². The van der Waals surface area contributed by atoms with Crippen LogP contribution in [0.15, 0.2) is 51.8 Å². The van der Waals surface area contributed by atoms with Gasteiger partial charge in [-0.25, -0.2) is 13.4 Å². The number of benzene rings is 2. The van der Waals surface area contributed by atoms with E-state index in [2.05, 4.69) is 34.7 Å². The molecule has 2 aromatic carbocycles. The third-order valence-corrected chi connectivity index (χ3v) is 9.48. The lowest BCUT2D eigenvalue weighted by Gasteiger charge is -2.25. The number of amides is 1. The molecule has 37 heavy (non-hydrogen) atoms. The molecule has 0 saturated heterocycles. The summed E-state index contributed by atoms with van der Waals surface area (Å²) in [6.07, 6.45) is 1.49. The van der Waals surface area contributed by atoms with Crippen LogP contribution in [0, 0.1) is 0 Å². The van der Waals surface area contributed by atoms with Crippen molar-refractivity contribution < 1.29 is 13.2 Å². The Morgan fingerprint density at radius 1 is 0.919 bits per heavy atom. The van der Waals surface area contributed by atoms with Crippen LogP contribution in [0.4, 0.5) is 5.13 Å². The van der Waals surface area contributed by atoms with E-state index in [1.165, 1.54) is 15.6 Å². The zero-order chi connectivity index (χ0) is 26.3. The number of likely N-dealkylation sites (N-methyl/N-ethyl adjacent to an activating group) is 1. The zero-order valence-electron chi connectivity index (χ0n) is 21.8. The number of aromatic nitrogens is 1. The molecule has 0 fully saturated rings. The molecule has 3 aromatic rings. The molecular weight excluding hydrogens is 596 g/mol. The summed E-state index contributed by atoms with van der Waals surface area (Å²) in [5.41, 5.74) is 1.28. The number of nitrogens with zero attached hydrogens (tertiary/aromatic N) is 4. The van der Waals surface area contributed by atoms with Crippen LogP contribution in [-0.2, 0) is 10.0 Å². The van der Waals surface area contributed by atoms with E-state index >= 15 is 0 Å². The van der Waals surface area contributed by atoms with Gasteiger partial charge in [-0.15, -0.1) is 12.4 Å². The lowest BCUT2D eigenvalue weighted by molar-refractivity contribution is 0.0983. The molecule has 0 saturated carbocycles. The van der Waals surface area contributed by atoms with E-state index < -0.39 is 10.0 Å². The Kier molecular flexibility index (Phi) is 12.5. The van der Waals surface area contributed by atoms with Crippen molar-refractivity contribution in [2.45, 2.75) is 45.4 Å². The Hall–Kier alpha value is -1.56. The smallest absolute Gasteiger partial charge is 0.260 e. The van der Waals surface area contributed by atoms with Crippen molar-refractivity contribution in [3.8, 4) is 0 Å². The summed E-state index contributed by atoms with van der Waals surface area (Å²) in [7, 11) is -3.60. The largest absolute Gasteiger partial charge is 0.302 e. The molecule has 11 heteroatoms. The number of rotatable bonds is 13. The van der Waals surface area contributed by atoms with Crippen LogP contribution in [0.25, 0.3) is 10.2 Å². The number of halogens is 2. The maximum Gasteiger partial charge on any atom is 0.260 e. The fourth-order valence-corrected chi connectivity index (χ4v) is 7.16. The number of sulfonamides is 1. The van der Waals surface area contributed by atoms with E-state index in [0.29, 0.717) is 36.9 Å². The quantitative estimate of drug-likeness (QED) is 0.222.